The molecule has 0 amide bonds. The SMILES string of the molecule is CC.CC.CC.CC.CC.CC.CC.CC.CCCC.CCCC.CCCC.CCCC.CCCCC.CCCCC.CCCCC.[CH2-]CC.[CH3-].[CH3-].[CH3-].[W+2].[W+2]. The standard InChI is InChI=1S/3C5H12.4C4H10.C3H7.8C2H6.3CH3.2W/c3*1-3-5-4-2;4*1-3-4-2;1-3-2;8*1-2;;;;;/h3*3-5H2,1-2H3;4*3-4H2,1-2H3;1,3H2,2H3;8*1-2H3;3*1H3;;/q;;;;;;;-1;;;;;;;;;3*-1;2*+2. The van der Waals surface area contributed by atoms with E-state index in [2.05, 4.69) is 104 Å². The van der Waals surface area contributed by atoms with Gasteiger partial charge in [0.1, 0.15) is 0 Å². The Bertz CT molecular complexity index is 118. The van der Waals surface area contributed by atoms with E-state index in [4.69, 9.17) is 0 Å². The van der Waals surface area contributed by atoms with Gasteiger partial charge in [0.2, 0.25) is 0 Å². The van der Waals surface area contributed by atoms with E-state index in [1.807, 2.05) is 118 Å². The van der Waals surface area contributed by atoms with Crippen LogP contribution in [-0.2, 0) is 42.1 Å². The normalized spacial score (nSPS) is 5.67. The van der Waals surface area contributed by atoms with Crippen molar-refractivity contribution in [2.45, 2.75) is 330 Å². The average molecular weight is 1150 g/mol. The van der Waals surface area contributed by atoms with Crippen LogP contribution in [0.4, 0.5) is 0 Å². The molecule has 0 spiro atoms. The molecule has 0 bridgehead atoms. The van der Waals surface area contributed by atoms with E-state index in [-0.39, 0.29) is 64.4 Å². The molecular weight excluding hydrogens is 1000 g/mol. The zero-order valence-corrected chi connectivity index (χ0v) is 54.1. The third-order valence-electron chi connectivity index (χ3n) is 4.12. The van der Waals surface area contributed by atoms with Gasteiger partial charge >= 0.3 is 42.1 Å². The van der Waals surface area contributed by atoms with Crippen molar-refractivity contribution in [1.29, 1.82) is 0 Å². The Labute approximate surface area is 399 Å². The van der Waals surface area contributed by atoms with Crippen LogP contribution in [0.25, 0.3) is 0 Å². The van der Waals surface area contributed by atoms with Crippen LogP contribution in [0.5, 0.6) is 0 Å². The van der Waals surface area contributed by atoms with Crippen LogP contribution in [0, 0.1) is 29.2 Å². The first-order valence-corrected chi connectivity index (χ1v) is 24.1. The molecule has 0 atom stereocenters. The van der Waals surface area contributed by atoms with Crippen molar-refractivity contribution in [2.75, 3.05) is 0 Å². The van der Waals surface area contributed by atoms with Gasteiger partial charge in [0.05, 0.1) is 0 Å². The van der Waals surface area contributed by atoms with Crippen molar-refractivity contribution in [3.05, 3.63) is 29.2 Å². The largest absolute Gasteiger partial charge is 2.00 e. The molecule has 0 aromatic heterocycles. The first-order chi connectivity index (χ1) is 24.3. The molecule has 0 aromatic rings. The predicted octanol–water partition coefficient (Wildman–Crippen LogP) is 24.6. The van der Waals surface area contributed by atoms with E-state index in [9.17, 15) is 0 Å². The molecule has 0 saturated heterocycles. The monoisotopic (exact) mass is 1140 g/mol. The molecule has 0 rings (SSSR count). The Morgan fingerprint density at radius 2 is 0.255 bits per heavy atom. The molecule has 0 saturated carbocycles. The molecule has 2 heteroatoms. The molecule has 0 fully saturated rings. The van der Waals surface area contributed by atoms with Gasteiger partial charge in [-0.05, 0) is 0 Å². The van der Waals surface area contributed by atoms with Crippen LogP contribution >= 0.6 is 0 Å². The van der Waals surface area contributed by atoms with Gasteiger partial charge in [-0.25, -0.2) is 0 Å². The molecule has 364 valence electrons. The van der Waals surface area contributed by atoms with Crippen molar-refractivity contribution >= 4 is 0 Å². The Balaban J connectivity index is -0.0000000119. The second-order valence-corrected chi connectivity index (χ2v) is 8.56. The molecule has 0 N–H and O–H groups in total. The summed E-state index contributed by atoms with van der Waals surface area (Å²) in [6.45, 7) is 68.2. The van der Waals surface area contributed by atoms with Gasteiger partial charge in [0.25, 0.3) is 0 Å². The summed E-state index contributed by atoms with van der Waals surface area (Å²) in [7, 11) is 0. The fraction of sp³-hybridized carbons (Fsp3) is 0.925. The molecule has 0 aromatic carbocycles. The first-order valence-electron chi connectivity index (χ1n) is 24.1. The summed E-state index contributed by atoms with van der Waals surface area (Å²) in [5.74, 6) is 0. The van der Waals surface area contributed by atoms with E-state index in [0.29, 0.717) is 0 Å². The van der Waals surface area contributed by atoms with Crippen molar-refractivity contribution in [2.24, 2.45) is 0 Å². The summed E-state index contributed by atoms with van der Waals surface area (Å²) in [4.78, 5) is 0. The zero-order chi connectivity index (χ0) is 44.7. The fourth-order valence-electron chi connectivity index (χ4n) is 1.06. The van der Waals surface area contributed by atoms with Gasteiger partial charge in [-0.15, -0.1) is 0 Å². The number of hydrogen-bond donors (Lipinski definition) is 0. The van der Waals surface area contributed by atoms with Crippen LogP contribution < -0.4 is 0 Å². The number of hydrogen-bond acceptors (Lipinski definition) is 0. The van der Waals surface area contributed by atoms with Crippen LogP contribution in [0.2, 0.25) is 0 Å². The van der Waals surface area contributed by atoms with Crippen molar-refractivity contribution in [3.63, 3.8) is 0 Å². The number of rotatable bonds is 10. The van der Waals surface area contributed by atoms with E-state index in [1.165, 1.54) is 109 Å². The van der Waals surface area contributed by atoms with Crippen LogP contribution in [-0.4, -0.2) is 0 Å². The molecular formula is C53H140W2. The van der Waals surface area contributed by atoms with Gasteiger partial charge in [0, 0.05) is 0 Å². The summed E-state index contributed by atoms with van der Waals surface area (Å²) >= 11 is 0. The minimum absolute atomic E-state index is 0. The fourth-order valence-corrected chi connectivity index (χ4v) is 1.06. The molecule has 0 unspecified atom stereocenters. The van der Waals surface area contributed by atoms with Crippen LogP contribution in [0.15, 0.2) is 0 Å². The predicted molar refractivity (Wildman–Crippen MR) is 284 cm³/mol. The molecule has 0 heterocycles. The molecule has 0 radical (unpaired) electrons. The molecule has 0 aliphatic heterocycles. The Kier molecular flexibility index (Phi) is 1100. The van der Waals surface area contributed by atoms with E-state index in [0.717, 1.165) is 6.42 Å². The minimum Gasteiger partial charge on any atom is -0.358 e. The molecule has 55 heavy (non-hydrogen) atoms. The van der Waals surface area contributed by atoms with Gasteiger partial charge in [-0.2, -0.15) is 6.42 Å². The maximum absolute atomic E-state index is 3.49. The zero-order valence-electron chi connectivity index (χ0n) is 48.3. The maximum atomic E-state index is 3.49. The Morgan fingerprint density at radius 1 is 0.200 bits per heavy atom. The van der Waals surface area contributed by atoms with E-state index in [1.54, 1.807) is 0 Å². The minimum atomic E-state index is 0. The average Bonchev–Trinajstić information content (AvgIpc) is 3.23. The first kappa shape index (κ1) is 138. The molecule has 0 nitrogen and oxygen atoms in total. The van der Waals surface area contributed by atoms with Gasteiger partial charge < -0.3 is 29.2 Å². The van der Waals surface area contributed by atoms with Gasteiger partial charge in [0.15, 0.2) is 0 Å². The second kappa shape index (κ2) is 436. The third-order valence-corrected chi connectivity index (χ3v) is 4.12. The summed E-state index contributed by atoms with van der Waals surface area (Å²) < 4.78 is 0. The van der Waals surface area contributed by atoms with E-state index >= 15 is 0 Å². The second-order valence-electron chi connectivity index (χ2n) is 8.56. The quantitative estimate of drug-likeness (QED) is 0.191. The van der Waals surface area contributed by atoms with Crippen LogP contribution in [0.3, 0.4) is 0 Å². The summed E-state index contributed by atoms with van der Waals surface area (Å²) in [6.07, 6.45) is 23.8. The maximum Gasteiger partial charge on any atom is 2.00 e. The summed E-state index contributed by atoms with van der Waals surface area (Å²) in [5.41, 5.74) is 0. The summed E-state index contributed by atoms with van der Waals surface area (Å²) in [6, 6.07) is 0. The van der Waals surface area contributed by atoms with Crippen molar-refractivity contribution in [1.82, 2.24) is 0 Å². The topological polar surface area (TPSA) is 0 Å². The van der Waals surface area contributed by atoms with Gasteiger partial charge in [-0.3, -0.25) is 0 Å². The van der Waals surface area contributed by atoms with Crippen LogP contribution in [0.1, 0.15) is 330 Å². The molecule has 0 aliphatic carbocycles. The van der Waals surface area contributed by atoms with Crippen molar-refractivity contribution in [3.8, 4) is 0 Å². The third kappa shape index (κ3) is 1220. The van der Waals surface area contributed by atoms with Crippen molar-refractivity contribution < 1.29 is 42.1 Å². The Morgan fingerprint density at radius 3 is 0.255 bits per heavy atom. The smallest absolute Gasteiger partial charge is 0.358 e. The Hall–Kier alpha value is 1.38. The summed E-state index contributed by atoms with van der Waals surface area (Å²) in [5, 5.41) is 0. The van der Waals surface area contributed by atoms with E-state index < -0.39 is 0 Å². The molecule has 0 aliphatic rings. The van der Waals surface area contributed by atoms with Gasteiger partial charge in [-0.1, -0.05) is 324 Å². The number of unbranched alkanes of at least 4 members (excludes halogenated alkanes) is 10.